The molecule has 0 amide bonds. The van der Waals surface area contributed by atoms with Gasteiger partial charge in [0.1, 0.15) is 5.75 Å². The maximum atomic E-state index is 5.59. The molecule has 2 aliphatic rings. The second kappa shape index (κ2) is 8.93. The molecule has 5 heteroatoms. The number of ether oxygens (including phenoxy) is 1. The van der Waals surface area contributed by atoms with E-state index in [0.717, 1.165) is 30.8 Å². The van der Waals surface area contributed by atoms with E-state index < -0.39 is 0 Å². The fourth-order valence-corrected chi connectivity index (χ4v) is 4.99. The molecule has 0 radical (unpaired) electrons. The van der Waals surface area contributed by atoms with Crippen molar-refractivity contribution in [3.63, 3.8) is 0 Å². The molecule has 2 aromatic rings. The van der Waals surface area contributed by atoms with Gasteiger partial charge in [-0.05, 0) is 55.6 Å². The first kappa shape index (κ1) is 19.2. The topological polar surface area (TPSA) is 36.5 Å². The minimum atomic E-state index is 0.438. The minimum Gasteiger partial charge on any atom is -0.497 e. The van der Waals surface area contributed by atoms with Crippen molar-refractivity contribution in [1.82, 2.24) is 10.2 Å². The first-order chi connectivity index (χ1) is 13.7. The summed E-state index contributed by atoms with van der Waals surface area (Å²) in [5, 5.41) is 7.58. The Balaban J connectivity index is 1.35. The summed E-state index contributed by atoms with van der Waals surface area (Å²) in [6, 6.07) is 20.5. The van der Waals surface area contributed by atoms with E-state index >= 15 is 0 Å². The largest absolute Gasteiger partial charge is 0.497 e. The molecule has 2 unspecified atom stereocenters. The molecule has 2 N–H and O–H groups in total. The Hall–Kier alpha value is -2.11. The van der Waals surface area contributed by atoms with Gasteiger partial charge in [-0.25, -0.2) is 0 Å². The summed E-state index contributed by atoms with van der Waals surface area (Å²) < 4.78 is 5.29. The van der Waals surface area contributed by atoms with Crippen LogP contribution in [0.1, 0.15) is 37.7 Å². The molecule has 4 rings (SSSR count). The van der Waals surface area contributed by atoms with Crippen LogP contribution in [0, 0.1) is 0 Å². The zero-order chi connectivity index (χ0) is 19.3. The molecule has 2 saturated heterocycles. The molecule has 0 aliphatic carbocycles. The molecule has 0 saturated carbocycles. The van der Waals surface area contributed by atoms with Gasteiger partial charge in [0.2, 0.25) is 0 Å². The van der Waals surface area contributed by atoms with Gasteiger partial charge in [-0.15, -0.1) is 0 Å². The third-order valence-electron chi connectivity index (χ3n) is 6.00. The second-order valence-corrected chi connectivity index (χ2v) is 8.30. The summed E-state index contributed by atoms with van der Waals surface area (Å²) in [6.45, 7) is 1.06. The molecule has 0 aromatic heterocycles. The maximum Gasteiger partial charge on any atom is 0.170 e. The number of anilines is 1. The van der Waals surface area contributed by atoms with E-state index in [1.54, 1.807) is 7.11 Å². The van der Waals surface area contributed by atoms with Crippen molar-refractivity contribution in [2.45, 2.75) is 56.8 Å². The van der Waals surface area contributed by atoms with Gasteiger partial charge in [-0.2, -0.15) is 0 Å². The molecular formula is C23H29N3OS. The first-order valence-corrected chi connectivity index (χ1v) is 10.6. The smallest absolute Gasteiger partial charge is 0.170 e. The lowest BCUT2D eigenvalue weighted by Crippen LogP contribution is -2.56. The summed E-state index contributed by atoms with van der Waals surface area (Å²) in [6.07, 6.45) is 6.24. The average Bonchev–Trinajstić information content (AvgIpc) is 2.69. The number of fused-ring (bicyclic) bond motifs is 2. The monoisotopic (exact) mass is 395 g/mol. The molecule has 2 bridgehead atoms. The number of thiocarbonyl (C=S) groups is 1. The molecule has 2 atom stereocenters. The standard InChI is InChI=1S/C23H29N3OS/c1-27-22-12-5-9-18(15-22)24-23(28)25-19-13-20-10-6-11-21(14-19)26(20)16-17-7-3-2-4-8-17/h2-5,7-9,12,15,19-21H,6,10-11,13-14,16H2,1H3,(H2,24,25,28). The highest BCUT2D eigenvalue weighted by molar-refractivity contribution is 7.80. The second-order valence-electron chi connectivity index (χ2n) is 7.90. The summed E-state index contributed by atoms with van der Waals surface area (Å²) >= 11 is 5.59. The molecule has 148 valence electrons. The van der Waals surface area contributed by atoms with Crippen LogP contribution < -0.4 is 15.4 Å². The lowest BCUT2D eigenvalue weighted by atomic mass is 9.81. The van der Waals surface area contributed by atoms with Crippen LogP contribution >= 0.6 is 12.2 Å². The number of hydrogen-bond acceptors (Lipinski definition) is 3. The highest BCUT2D eigenvalue weighted by Gasteiger charge is 2.38. The Morgan fingerprint density at radius 1 is 1.07 bits per heavy atom. The van der Waals surface area contributed by atoms with E-state index in [2.05, 4.69) is 45.9 Å². The predicted molar refractivity (Wildman–Crippen MR) is 119 cm³/mol. The van der Waals surface area contributed by atoms with Gasteiger partial charge in [0, 0.05) is 36.4 Å². The summed E-state index contributed by atoms with van der Waals surface area (Å²) in [4.78, 5) is 2.73. The molecule has 2 fully saturated rings. The van der Waals surface area contributed by atoms with Gasteiger partial charge in [-0.1, -0.05) is 42.8 Å². The first-order valence-electron chi connectivity index (χ1n) is 10.2. The fourth-order valence-electron chi connectivity index (χ4n) is 4.70. The quantitative estimate of drug-likeness (QED) is 0.726. The van der Waals surface area contributed by atoms with E-state index in [-0.39, 0.29) is 0 Å². The molecule has 2 aliphatic heterocycles. The van der Waals surface area contributed by atoms with E-state index in [9.17, 15) is 0 Å². The molecule has 0 spiro atoms. The van der Waals surface area contributed by atoms with Crippen LogP contribution in [0.25, 0.3) is 0 Å². The third-order valence-corrected chi connectivity index (χ3v) is 6.22. The average molecular weight is 396 g/mol. The fraction of sp³-hybridized carbons (Fsp3) is 0.435. The Labute approximate surface area is 173 Å². The highest BCUT2D eigenvalue weighted by Crippen LogP contribution is 2.35. The van der Waals surface area contributed by atoms with Crippen LogP contribution in [0.2, 0.25) is 0 Å². The van der Waals surface area contributed by atoms with Crippen molar-refractivity contribution in [2.75, 3.05) is 12.4 Å². The van der Waals surface area contributed by atoms with Gasteiger partial charge < -0.3 is 15.4 Å². The molecular weight excluding hydrogens is 366 g/mol. The Bertz CT molecular complexity index is 783. The molecule has 28 heavy (non-hydrogen) atoms. The number of nitrogens with one attached hydrogen (secondary N) is 2. The van der Waals surface area contributed by atoms with E-state index in [0.29, 0.717) is 23.2 Å². The zero-order valence-corrected chi connectivity index (χ0v) is 17.3. The Kier molecular flexibility index (Phi) is 6.13. The van der Waals surface area contributed by atoms with Crippen LogP contribution in [-0.4, -0.2) is 35.2 Å². The minimum absolute atomic E-state index is 0.438. The Morgan fingerprint density at radius 2 is 1.82 bits per heavy atom. The van der Waals surface area contributed by atoms with Crippen molar-refractivity contribution in [1.29, 1.82) is 0 Å². The summed E-state index contributed by atoms with van der Waals surface area (Å²) in [5.41, 5.74) is 2.37. The number of nitrogens with zero attached hydrogens (tertiary/aromatic N) is 1. The lowest BCUT2D eigenvalue weighted by Gasteiger charge is -2.49. The normalized spacial score (nSPS) is 24.4. The van der Waals surface area contributed by atoms with Crippen LogP contribution in [0.15, 0.2) is 54.6 Å². The van der Waals surface area contributed by atoms with Crippen molar-refractivity contribution in [3.05, 3.63) is 60.2 Å². The van der Waals surface area contributed by atoms with Crippen LogP contribution in [0.4, 0.5) is 5.69 Å². The van der Waals surface area contributed by atoms with Gasteiger partial charge in [0.05, 0.1) is 7.11 Å². The van der Waals surface area contributed by atoms with Crippen LogP contribution in [-0.2, 0) is 6.54 Å². The Morgan fingerprint density at radius 3 is 2.54 bits per heavy atom. The molecule has 2 aromatic carbocycles. The predicted octanol–water partition coefficient (Wildman–Crippen LogP) is 4.57. The number of piperidine rings is 2. The van der Waals surface area contributed by atoms with Gasteiger partial charge in [-0.3, -0.25) is 4.90 Å². The lowest BCUT2D eigenvalue weighted by molar-refractivity contribution is 0.0212. The third kappa shape index (κ3) is 4.65. The summed E-state index contributed by atoms with van der Waals surface area (Å²) in [5.74, 6) is 0.830. The van der Waals surface area contributed by atoms with E-state index in [1.807, 2.05) is 24.3 Å². The molecule has 2 heterocycles. The van der Waals surface area contributed by atoms with Crippen LogP contribution in [0.5, 0.6) is 5.75 Å². The number of methoxy groups -OCH3 is 1. The van der Waals surface area contributed by atoms with Crippen molar-refractivity contribution >= 4 is 23.0 Å². The van der Waals surface area contributed by atoms with E-state index in [4.69, 9.17) is 17.0 Å². The van der Waals surface area contributed by atoms with E-state index in [1.165, 1.54) is 24.8 Å². The number of benzene rings is 2. The molecule has 4 nitrogen and oxygen atoms in total. The van der Waals surface area contributed by atoms with Gasteiger partial charge in [0.25, 0.3) is 0 Å². The summed E-state index contributed by atoms with van der Waals surface area (Å²) in [7, 11) is 1.68. The highest BCUT2D eigenvalue weighted by atomic mass is 32.1. The van der Waals surface area contributed by atoms with Crippen molar-refractivity contribution < 1.29 is 4.74 Å². The number of hydrogen-bond donors (Lipinski definition) is 2. The van der Waals surface area contributed by atoms with Crippen molar-refractivity contribution in [3.8, 4) is 5.75 Å². The SMILES string of the molecule is COc1cccc(NC(=S)NC2CC3CCCC(C2)N3Cc2ccccc2)c1. The maximum absolute atomic E-state index is 5.59. The number of rotatable bonds is 5. The van der Waals surface area contributed by atoms with Gasteiger partial charge in [0.15, 0.2) is 5.11 Å². The zero-order valence-electron chi connectivity index (χ0n) is 16.4. The van der Waals surface area contributed by atoms with Crippen molar-refractivity contribution in [2.24, 2.45) is 0 Å². The van der Waals surface area contributed by atoms with Gasteiger partial charge >= 0.3 is 0 Å². The van der Waals surface area contributed by atoms with Crippen LogP contribution in [0.3, 0.4) is 0 Å².